The molecule has 4 aromatic rings. The highest BCUT2D eigenvalue weighted by Crippen LogP contribution is 2.49. The van der Waals surface area contributed by atoms with Gasteiger partial charge in [-0.05, 0) is 88.1 Å². The molecule has 0 amide bonds. The molecule has 2 heteroatoms. The lowest BCUT2D eigenvalue weighted by molar-refractivity contribution is 0.343. The Bertz CT molecular complexity index is 1130. The van der Waals surface area contributed by atoms with Crippen LogP contribution in [0.3, 0.4) is 0 Å². The van der Waals surface area contributed by atoms with E-state index in [-0.39, 0.29) is 5.41 Å². The molecule has 1 fully saturated rings. The van der Waals surface area contributed by atoms with Gasteiger partial charge in [-0.3, -0.25) is 0 Å². The molecule has 5 rings (SSSR count). The molecule has 0 spiro atoms. The number of rotatable bonds is 4. The fourth-order valence-electron chi connectivity index (χ4n) is 6.28. The molecule has 0 radical (unpaired) electrons. The van der Waals surface area contributed by atoms with Gasteiger partial charge in [0.2, 0.25) is 0 Å². The Morgan fingerprint density at radius 2 is 0.969 bits per heavy atom. The molecule has 1 aliphatic rings. The Morgan fingerprint density at radius 1 is 0.562 bits per heavy atom. The fourth-order valence-corrected chi connectivity index (χ4v) is 6.28. The molecule has 0 aliphatic heterocycles. The van der Waals surface area contributed by atoms with Gasteiger partial charge in [-0.2, -0.15) is 0 Å². The first kappa shape index (κ1) is 20.9. The van der Waals surface area contributed by atoms with Crippen LogP contribution < -0.4 is 0 Å². The van der Waals surface area contributed by atoms with Crippen molar-refractivity contribution in [1.82, 2.24) is 9.13 Å². The van der Waals surface area contributed by atoms with Crippen LogP contribution in [-0.4, -0.2) is 9.13 Å². The lowest BCUT2D eigenvalue weighted by Crippen LogP contribution is -2.31. The van der Waals surface area contributed by atoms with Crippen molar-refractivity contribution in [3.63, 3.8) is 0 Å². The van der Waals surface area contributed by atoms with E-state index in [1.807, 2.05) is 0 Å². The van der Waals surface area contributed by atoms with E-state index >= 15 is 0 Å². The van der Waals surface area contributed by atoms with Crippen molar-refractivity contribution in [3.8, 4) is 11.4 Å². The molecular weight excluding hydrogens is 388 g/mol. The van der Waals surface area contributed by atoms with Crippen LogP contribution in [0.25, 0.3) is 11.4 Å². The second-order valence-electron chi connectivity index (χ2n) is 9.55. The summed E-state index contributed by atoms with van der Waals surface area (Å²) in [6.07, 6.45) is 6.39. The standard InChI is InChI=1S/C30H34N2/c1-22-20-28(24(3)31(22)26-14-8-5-9-15-26)30(18-12-7-13-19-30)29-21-23(2)32(25(29)4)27-16-10-6-11-17-27/h5-6,8-11,14-17,20-21H,7,12-13,18-19H2,1-4H3. The summed E-state index contributed by atoms with van der Waals surface area (Å²) in [5, 5.41) is 0. The zero-order valence-electron chi connectivity index (χ0n) is 19.9. The monoisotopic (exact) mass is 422 g/mol. The fraction of sp³-hybridized carbons (Fsp3) is 0.333. The quantitative estimate of drug-likeness (QED) is 0.318. The minimum absolute atomic E-state index is 0.0853. The van der Waals surface area contributed by atoms with Crippen LogP contribution in [0.5, 0.6) is 0 Å². The van der Waals surface area contributed by atoms with E-state index in [9.17, 15) is 0 Å². The van der Waals surface area contributed by atoms with Crippen molar-refractivity contribution in [3.05, 3.63) is 107 Å². The Morgan fingerprint density at radius 3 is 1.38 bits per heavy atom. The molecule has 0 saturated heterocycles. The summed E-state index contributed by atoms with van der Waals surface area (Å²) < 4.78 is 4.89. The van der Waals surface area contributed by atoms with Gasteiger partial charge in [-0.1, -0.05) is 55.7 Å². The third-order valence-corrected chi connectivity index (χ3v) is 7.63. The Hall–Kier alpha value is -3.00. The summed E-state index contributed by atoms with van der Waals surface area (Å²) >= 11 is 0. The molecule has 2 aromatic heterocycles. The molecule has 2 nitrogen and oxygen atoms in total. The number of aromatic nitrogens is 2. The van der Waals surface area contributed by atoms with E-state index in [0.717, 1.165) is 0 Å². The minimum atomic E-state index is 0.0853. The molecule has 0 unspecified atom stereocenters. The van der Waals surface area contributed by atoms with Gasteiger partial charge in [0, 0.05) is 39.6 Å². The predicted octanol–water partition coefficient (Wildman–Crippen LogP) is 7.75. The van der Waals surface area contributed by atoms with E-state index in [1.165, 1.54) is 77.4 Å². The van der Waals surface area contributed by atoms with Crippen LogP contribution in [0.15, 0.2) is 72.8 Å². The number of hydrogen-bond donors (Lipinski definition) is 0. The molecule has 0 bridgehead atoms. The predicted molar refractivity (Wildman–Crippen MR) is 134 cm³/mol. The van der Waals surface area contributed by atoms with E-state index < -0.39 is 0 Å². The first-order chi connectivity index (χ1) is 15.5. The molecule has 0 N–H and O–H groups in total. The number of aryl methyl sites for hydroxylation is 2. The summed E-state index contributed by atoms with van der Waals surface area (Å²) in [7, 11) is 0. The third kappa shape index (κ3) is 3.24. The Labute approximate surface area is 192 Å². The number of nitrogens with zero attached hydrogens (tertiary/aromatic N) is 2. The summed E-state index contributed by atoms with van der Waals surface area (Å²) in [6, 6.07) is 26.6. The zero-order chi connectivity index (χ0) is 22.3. The van der Waals surface area contributed by atoms with E-state index in [2.05, 4.69) is 110 Å². The second kappa shape index (κ2) is 8.16. The molecule has 1 aliphatic carbocycles. The minimum Gasteiger partial charge on any atom is -0.318 e. The van der Waals surface area contributed by atoms with E-state index in [0.29, 0.717) is 0 Å². The summed E-state index contributed by atoms with van der Waals surface area (Å²) in [6.45, 7) is 9.16. The summed E-state index contributed by atoms with van der Waals surface area (Å²) in [5.41, 5.74) is 11.1. The topological polar surface area (TPSA) is 9.86 Å². The first-order valence-corrected chi connectivity index (χ1v) is 12.0. The van der Waals surface area contributed by atoms with Gasteiger partial charge in [0.05, 0.1) is 0 Å². The lowest BCUT2D eigenvalue weighted by Gasteiger charge is -2.38. The maximum Gasteiger partial charge on any atom is 0.0455 e. The van der Waals surface area contributed by atoms with Crippen molar-refractivity contribution in [1.29, 1.82) is 0 Å². The highest BCUT2D eigenvalue weighted by atomic mass is 15.0. The van der Waals surface area contributed by atoms with Gasteiger partial charge >= 0.3 is 0 Å². The maximum absolute atomic E-state index is 2.47. The second-order valence-corrected chi connectivity index (χ2v) is 9.55. The average molecular weight is 423 g/mol. The van der Waals surface area contributed by atoms with Crippen LogP contribution in [0.1, 0.15) is 66.0 Å². The number of hydrogen-bond acceptors (Lipinski definition) is 0. The zero-order valence-corrected chi connectivity index (χ0v) is 19.9. The van der Waals surface area contributed by atoms with Crippen LogP contribution in [0.2, 0.25) is 0 Å². The largest absolute Gasteiger partial charge is 0.318 e. The highest BCUT2D eigenvalue weighted by molar-refractivity contribution is 5.52. The molecule has 164 valence electrons. The normalized spacial score (nSPS) is 15.8. The van der Waals surface area contributed by atoms with Crippen molar-refractivity contribution < 1.29 is 0 Å². The van der Waals surface area contributed by atoms with Crippen molar-refractivity contribution in [2.24, 2.45) is 0 Å². The highest BCUT2D eigenvalue weighted by Gasteiger charge is 2.40. The van der Waals surface area contributed by atoms with Gasteiger partial charge < -0.3 is 9.13 Å². The molecule has 2 aromatic carbocycles. The number of para-hydroxylation sites is 2. The Kier molecular flexibility index (Phi) is 5.33. The summed E-state index contributed by atoms with van der Waals surface area (Å²) in [5.74, 6) is 0. The van der Waals surface area contributed by atoms with Crippen LogP contribution in [0, 0.1) is 27.7 Å². The Balaban J connectivity index is 1.71. The van der Waals surface area contributed by atoms with Gasteiger partial charge in [-0.25, -0.2) is 0 Å². The smallest absolute Gasteiger partial charge is 0.0455 e. The molecular formula is C30H34N2. The first-order valence-electron chi connectivity index (χ1n) is 12.0. The van der Waals surface area contributed by atoms with Gasteiger partial charge in [0.1, 0.15) is 0 Å². The number of benzene rings is 2. The maximum atomic E-state index is 2.47. The van der Waals surface area contributed by atoms with Crippen molar-refractivity contribution in [2.45, 2.75) is 65.2 Å². The van der Waals surface area contributed by atoms with Crippen LogP contribution in [0.4, 0.5) is 0 Å². The molecule has 32 heavy (non-hydrogen) atoms. The van der Waals surface area contributed by atoms with Gasteiger partial charge in [-0.15, -0.1) is 0 Å². The van der Waals surface area contributed by atoms with Crippen molar-refractivity contribution >= 4 is 0 Å². The van der Waals surface area contributed by atoms with Gasteiger partial charge in [0.15, 0.2) is 0 Å². The molecule has 2 heterocycles. The molecule has 0 atom stereocenters. The van der Waals surface area contributed by atoms with E-state index in [4.69, 9.17) is 0 Å². The van der Waals surface area contributed by atoms with E-state index in [1.54, 1.807) is 0 Å². The lowest BCUT2D eigenvalue weighted by atomic mass is 9.65. The SMILES string of the molecule is Cc1cc(C2(c3cc(C)n(-c4ccccc4)c3C)CCCCC2)c(C)n1-c1ccccc1. The van der Waals surface area contributed by atoms with Gasteiger partial charge in [0.25, 0.3) is 0 Å². The summed E-state index contributed by atoms with van der Waals surface area (Å²) in [4.78, 5) is 0. The van der Waals surface area contributed by atoms with Crippen molar-refractivity contribution in [2.75, 3.05) is 0 Å². The average Bonchev–Trinajstić information content (AvgIpc) is 3.30. The molecule has 1 saturated carbocycles. The van der Waals surface area contributed by atoms with Crippen LogP contribution in [-0.2, 0) is 5.41 Å². The third-order valence-electron chi connectivity index (χ3n) is 7.63. The van der Waals surface area contributed by atoms with Crippen LogP contribution >= 0.6 is 0 Å².